The average molecular weight is 759 g/mol. The van der Waals surface area contributed by atoms with Crippen molar-refractivity contribution in [1.82, 2.24) is 10.4 Å². The summed E-state index contributed by atoms with van der Waals surface area (Å²) in [5.41, 5.74) is 7.67. The van der Waals surface area contributed by atoms with Crippen molar-refractivity contribution in [2.24, 2.45) is 5.10 Å². The lowest BCUT2D eigenvalue weighted by Gasteiger charge is -2.13. The van der Waals surface area contributed by atoms with Crippen LogP contribution in [0.1, 0.15) is 21.5 Å². The molecule has 41 heavy (non-hydrogen) atoms. The maximum atomic E-state index is 13.3. The van der Waals surface area contributed by atoms with Gasteiger partial charge in [0.05, 0.1) is 30.1 Å². The van der Waals surface area contributed by atoms with Crippen molar-refractivity contribution in [3.05, 3.63) is 139 Å². The smallest absolute Gasteiger partial charge is 0.272 e. The normalized spacial score (nSPS) is 11.3. The second-order valence-electron chi connectivity index (χ2n) is 9.38. The molecule has 1 heterocycles. The van der Waals surface area contributed by atoms with Gasteiger partial charge >= 0.3 is 0 Å². The molecule has 1 amide bonds. The van der Waals surface area contributed by atoms with Gasteiger partial charge in [0.25, 0.3) is 5.91 Å². The molecular weight excluding hydrogens is 736 g/mol. The molecule has 0 spiro atoms. The lowest BCUT2D eigenvalue weighted by atomic mass is 10.0. The standard InChI is InChI=1S/C34H23I2N3O2/c35-29-17-22(18-30(36)33(29)41-21-25-13-8-12-23-9-4-5-14-26(23)25)20-37-39-34(40)28-19-32(24-10-2-1-3-11-24)38-31-16-7-6-15-27(28)31/h1-20H,21H2,(H,39,40)/b37-20+. The van der Waals surface area contributed by atoms with Crippen LogP contribution in [0.4, 0.5) is 0 Å². The molecule has 1 N–H and O–H groups in total. The Morgan fingerprint density at radius 1 is 0.805 bits per heavy atom. The molecule has 6 rings (SSSR count). The van der Waals surface area contributed by atoms with Gasteiger partial charge in [-0.25, -0.2) is 10.4 Å². The van der Waals surface area contributed by atoms with Gasteiger partial charge in [-0.3, -0.25) is 4.79 Å². The summed E-state index contributed by atoms with van der Waals surface area (Å²) in [6.07, 6.45) is 1.65. The third kappa shape index (κ3) is 6.11. The van der Waals surface area contributed by atoms with Crippen LogP contribution in [0.15, 0.2) is 120 Å². The van der Waals surface area contributed by atoms with E-state index < -0.39 is 0 Å². The van der Waals surface area contributed by atoms with E-state index in [0.29, 0.717) is 12.2 Å². The van der Waals surface area contributed by atoms with Crippen molar-refractivity contribution in [2.45, 2.75) is 6.61 Å². The van der Waals surface area contributed by atoms with Gasteiger partial charge in [0, 0.05) is 10.9 Å². The molecular formula is C34H23I2N3O2. The molecule has 0 atom stereocenters. The summed E-state index contributed by atoms with van der Waals surface area (Å²) < 4.78 is 8.21. The second-order valence-corrected chi connectivity index (χ2v) is 11.7. The number of aromatic nitrogens is 1. The molecule has 0 radical (unpaired) electrons. The fourth-order valence-electron chi connectivity index (χ4n) is 4.71. The lowest BCUT2D eigenvalue weighted by molar-refractivity contribution is 0.0956. The van der Waals surface area contributed by atoms with Crippen LogP contribution in [0.2, 0.25) is 0 Å². The largest absolute Gasteiger partial charge is 0.487 e. The molecule has 5 aromatic carbocycles. The Hall–Kier alpha value is -3.83. The Balaban J connectivity index is 1.19. The Kier molecular flexibility index (Phi) is 8.24. The minimum Gasteiger partial charge on any atom is -0.487 e. The maximum Gasteiger partial charge on any atom is 0.272 e. The summed E-state index contributed by atoms with van der Waals surface area (Å²) in [6.45, 7) is 0.474. The van der Waals surface area contributed by atoms with E-state index in [1.54, 1.807) is 6.21 Å². The Bertz CT molecular complexity index is 1890. The first-order valence-electron chi connectivity index (χ1n) is 12.9. The Morgan fingerprint density at radius 2 is 1.49 bits per heavy atom. The van der Waals surface area contributed by atoms with Crippen LogP contribution in [0.5, 0.6) is 5.75 Å². The summed E-state index contributed by atoms with van der Waals surface area (Å²) in [5.74, 6) is 0.536. The zero-order chi connectivity index (χ0) is 28.2. The predicted molar refractivity (Wildman–Crippen MR) is 182 cm³/mol. The van der Waals surface area contributed by atoms with Crippen LogP contribution in [-0.4, -0.2) is 17.1 Å². The van der Waals surface area contributed by atoms with Crippen molar-refractivity contribution in [3.8, 4) is 17.0 Å². The van der Waals surface area contributed by atoms with Crippen molar-refractivity contribution in [3.63, 3.8) is 0 Å². The first-order chi connectivity index (χ1) is 20.1. The summed E-state index contributed by atoms with van der Waals surface area (Å²) in [5, 5.41) is 7.44. The highest BCUT2D eigenvalue weighted by molar-refractivity contribution is 14.1. The zero-order valence-electron chi connectivity index (χ0n) is 21.7. The first-order valence-corrected chi connectivity index (χ1v) is 15.1. The quantitative estimate of drug-likeness (QED) is 0.101. The van der Waals surface area contributed by atoms with E-state index in [4.69, 9.17) is 9.72 Å². The van der Waals surface area contributed by atoms with Gasteiger partial charge in [-0.05, 0) is 91.3 Å². The van der Waals surface area contributed by atoms with Gasteiger partial charge < -0.3 is 4.74 Å². The number of ether oxygens (including phenoxy) is 1. The molecule has 6 aromatic rings. The number of para-hydroxylation sites is 1. The molecule has 0 unspecified atom stereocenters. The van der Waals surface area contributed by atoms with Gasteiger partial charge in [0.1, 0.15) is 12.4 Å². The van der Waals surface area contributed by atoms with E-state index in [-0.39, 0.29) is 5.91 Å². The van der Waals surface area contributed by atoms with Crippen LogP contribution in [0.3, 0.4) is 0 Å². The number of hydrogen-bond donors (Lipinski definition) is 1. The van der Waals surface area contributed by atoms with Crippen LogP contribution < -0.4 is 10.2 Å². The van der Waals surface area contributed by atoms with Gasteiger partial charge in [-0.2, -0.15) is 5.10 Å². The van der Waals surface area contributed by atoms with E-state index in [1.165, 1.54) is 10.8 Å². The number of carbonyl (C=O) groups excluding carboxylic acids is 1. The molecule has 0 aliphatic heterocycles. The van der Waals surface area contributed by atoms with Gasteiger partial charge in [0.15, 0.2) is 0 Å². The number of nitrogens with one attached hydrogen (secondary N) is 1. The molecule has 5 nitrogen and oxygen atoms in total. The van der Waals surface area contributed by atoms with Crippen LogP contribution in [0, 0.1) is 7.14 Å². The molecule has 0 aliphatic rings. The Labute approximate surface area is 264 Å². The predicted octanol–water partition coefficient (Wildman–Crippen LogP) is 8.61. The number of halogens is 2. The minimum atomic E-state index is -0.295. The fraction of sp³-hybridized carbons (Fsp3) is 0.0294. The van der Waals surface area contributed by atoms with Gasteiger partial charge in [0.2, 0.25) is 0 Å². The van der Waals surface area contributed by atoms with Crippen LogP contribution in [0.25, 0.3) is 32.9 Å². The van der Waals surface area contributed by atoms with Crippen molar-refractivity contribution >= 4 is 79.0 Å². The van der Waals surface area contributed by atoms with E-state index in [2.05, 4.69) is 86.0 Å². The molecule has 0 aliphatic carbocycles. The fourth-order valence-corrected chi connectivity index (χ4v) is 6.83. The first kappa shape index (κ1) is 27.3. The number of benzene rings is 5. The van der Waals surface area contributed by atoms with Gasteiger partial charge in [-0.1, -0.05) is 91.0 Å². The highest BCUT2D eigenvalue weighted by Gasteiger charge is 2.14. The van der Waals surface area contributed by atoms with E-state index in [0.717, 1.165) is 46.2 Å². The van der Waals surface area contributed by atoms with E-state index in [9.17, 15) is 4.79 Å². The number of pyridine rings is 1. The average Bonchev–Trinajstić information content (AvgIpc) is 3.00. The van der Waals surface area contributed by atoms with Crippen molar-refractivity contribution < 1.29 is 9.53 Å². The highest BCUT2D eigenvalue weighted by atomic mass is 127. The van der Waals surface area contributed by atoms with E-state index >= 15 is 0 Å². The minimum absolute atomic E-state index is 0.295. The molecule has 0 saturated carbocycles. The monoisotopic (exact) mass is 759 g/mol. The number of amides is 1. The molecule has 0 saturated heterocycles. The number of nitrogens with zero attached hydrogens (tertiary/aromatic N) is 2. The molecule has 7 heteroatoms. The third-order valence-electron chi connectivity index (χ3n) is 6.68. The summed E-state index contributed by atoms with van der Waals surface area (Å²) >= 11 is 4.56. The SMILES string of the molecule is O=C(N/N=C/c1cc(I)c(OCc2cccc3ccccc23)c(I)c1)c1cc(-c2ccccc2)nc2ccccc12. The molecule has 0 fully saturated rings. The van der Waals surface area contributed by atoms with Crippen molar-refractivity contribution in [1.29, 1.82) is 0 Å². The third-order valence-corrected chi connectivity index (χ3v) is 8.29. The summed E-state index contributed by atoms with van der Waals surface area (Å²) in [6, 6.07) is 37.9. The number of hydrazone groups is 1. The number of fused-ring (bicyclic) bond motifs is 2. The van der Waals surface area contributed by atoms with Gasteiger partial charge in [-0.15, -0.1) is 0 Å². The molecule has 1 aromatic heterocycles. The zero-order valence-corrected chi connectivity index (χ0v) is 26.0. The topological polar surface area (TPSA) is 63.6 Å². The highest BCUT2D eigenvalue weighted by Crippen LogP contribution is 2.30. The second kappa shape index (κ2) is 12.4. The maximum absolute atomic E-state index is 13.3. The van der Waals surface area contributed by atoms with Crippen molar-refractivity contribution in [2.75, 3.05) is 0 Å². The number of hydrogen-bond acceptors (Lipinski definition) is 4. The van der Waals surface area contributed by atoms with Crippen LogP contribution in [-0.2, 0) is 6.61 Å². The molecule has 200 valence electrons. The van der Waals surface area contributed by atoms with Crippen LogP contribution >= 0.6 is 45.2 Å². The van der Waals surface area contributed by atoms with E-state index in [1.807, 2.05) is 84.9 Å². The number of rotatable bonds is 7. The molecule has 0 bridgehead atoms. The number of carbonyl (C=O) groups is 1. The Morgan fingerprint density at radius 3 is 2.29 bits per heavy atom. The summed E-state index contributed by atoms with van der Waals surface area (Å²) in [4.78, 5) is 18.0. The summed E-state index contributed by atoms with van der Waals surface area (Å²) in [7, 11) is 0. The lowest BCUT2D eigenvalue weighted by Crippen LogP contribution is -2.18.